The molecule has 3 rings (SSSR count). The van der Waals surface area contributed by atoms with Crippen molar-refractivity contribution in [3.05, 3.63) is 54.0 Å². The third kappa shape index (κ3) is 2.59. The molecule has 1 fully saturated rings. The summed E-state index contributed by atoms with van der Waals surface area (Å²) in [6, 6.07) is 14.7. The minimum Gasteiger partial charge on any atom is -0.356 e. The van der Waals surface area contributed by atoms with Crippen LogP contribution >= 0.6 is 0 Å². The van der Waals surface area contributed by atoms with Crippen LogP contribution in [0.1, 0.15) is 24.1 Å². The standard InChI is InChI=1S/C17H18N4/c1-14-11-16(20-13-19-14)21-9-7-17(12-18,8-10-21)15-5-3-2-4-6-15/h2-6,11,13H,7-10H2,1H3. The summed E-state index contributed by atoms with van der Waals surface area (Å²) in [7, 11) is 0. The van der Waals surface area contributed by atoms with Crippen molar-refractivity contribution in [1.29, 1.82) is 5.26 Å². The Morgan fingerprint density at radius 2 is 1.86 bits per heavy atom. The molecule has 2 aromatic rings. The first-order chi connectivity index (χ1) is 10.2. The summed E-state index contributed by atoms with van der Waals surface area (Å²) in [5.74, 6) is 0.960. The molecule has 0 N–H and O–H groups in total. The number of hydrogen-bond acceptors (Lipinski definition) is 4. The zero-order chi connectivity index (χ0) is 14.7. The Balaban J connectivity index is 1.79. The van der Waals surface area contributed by atoms with Crippen molar-refractivity contribution < 1.29 is 0 Å². The summed E-state index contributed by atoms with van der Waals surface area (Å²) in [5.41, 5.74) is 1.74. The molecule has 1 aromatic heterocycles. The number of aryl methyl sites for hydroxylation is 1. The molecule has 2 heterocycles. The van der Waals surface area contributed by atoms with Crippen LogP contribution in [0.4, 0.5) is 5.82 Å². The van der Waals surface area contributed by atoms with Crippen LogP contribution in [0.5, 0.6) is 0 Å². The quantitative estimate of drug-likeness (QED) is 0.847. The lowest BCUT2D eigenvalue weighted by Gasteiger charge is -2.38. The van der Waals surface area contributed by atoms with Gasteiger partial charge in [0.2, 0.25) is 0 Å². The zero-order valence-corrected chi connectivity index (χ0v) is 12.2. The van der Waals surface area contributed by atoms with Crippen LogP contribution in [0.2, 0.25) is 0 Å². The Hall–Kier alpha value is -2.41. The van der Waals surface area contributed by atoms with E-state index in [0.29, 0.717) is 0 Å². The van der Waals surface area contributed by atoms with Gasteiger partial charge in [0.05, 0.1) is 11.5 Å². The van der Waals surface area contributed by atoms with Crippen LogP contribution < -0.4 is 4.90 Å². The van der Waals surface area contributed by atoms with Gasteiger partial charge in [-0.1, -0.05) is 30.3 Å². The fourth-order valence-corrected chi connectivity index (χ4v) is 2.95. The third-order valence-corrected chi connectivity index (χ3v) is 4.27. The number of rotatable bonds is 2. The van der Waals surface area contributed by atoms with Gasteiger partial charge in [0.1, 0.15) is 12.1 Å². The summed E-state index contributed by atoms with van der Waals surface area (Å²) >= 11 is 0. The number of benzene rings is 1. The van der Waals surface area contributed by atoms with Gasteiger partial charge in [0.25, 0.3) is 0 Å². The molecule has 21 heavy (non-hydrogen) atoms. The first-order valence-corrected chi connectivity index (χ1v) is 7.24. The smallest absolute Gasteiger partial charge is 0.132 e. The van der Waals surface area contributed by atoms with Crippen molar-refractivity contribution in [2.24, 2.45) is 0 Å². The van der Waals surface area contributed by atoms with Crippen molar-refractivity contribution in [3.63, 3.8) is 0 Å². The molecular weight excluding hydrogens is 260 g/mol. The monoisotopic (exact) mass is 278 g/mol. The molecule has 0 amide bonds. The van der Waals surface area contributed by atoms with Crippen LogP contribution in [0.15, 0.2) is 42.7 Å². The van der Waals surface area contributed by atoms with E-state index in [1.807, 2.05) is 31.2 Å². The highest BCUT2D eigenvalue weighted by atomic mass is 15.2. The van der Waals surface area contributed by atoms with Gasteiger partial charge in [-0.15, -0.1) is 0 Å². The lowest BCUT2D eigenvalue weighted by Crippen LogP contribution is -2.42. The van der Waals surface area contributed by atoms with Crippen LogP contribution in [-0.2, 0) is 5.41 Å². The molecule has 0 spiro atoms. The van der Waals surface area contributed by atoms with E-state index in [0.717, 1.165) is 43.0 Å². The molecule has 1 saturated heterocycles. The Bertz CT molecular complexity index is 652. The molecule has 106 valence electrons. The van der Waals surface area contributed by atoms with E-state index in [1.165, 1.54) is 0 Å². The second-order valence-corrected chi connectivity index (χ2v) is 5.56. The summed E-state index contributed by atoms with van der Waals surface area (Å²) in [6.45, 7) is 3.66. The molecular formula is C17H18N4. The number of piperidine rings is 1. The maximum Gasteiger partial charge on any atom is 0.132 e. The summed E-state index contributed by atoms with van der Waals surface area (Å²) < 4.78 is 0. The van der Waals surface area contributed by atoms with Crippen LogP contribution in [-0.4, -0.2) is 23.1 Å². The largest absolute Gasteiger partial charge is 0.356 e. The highest BCUT2D eigenvalue weighted by Gasteiger charge is 2.36. The summed E-state index contributed by atoms with van der Waals surface area (Å²) in [4.78, 5) is 10.7. The second-order valence-electron chi connectivity index (χ2n) is 5.56. The van der Waals surface area contributed by atoms with E-state index in [-0.39, 0.29) is 5.41 Å². The topological polar surface area (TPSA) is 52.8 Å². The molecule has 0 atom stereocenters. The molecule has 1 aliphatic heterocycles. The number of nitrogens with zero attached hydrogens (tertiary/aromatic N) is 4. The van der Waals surface area contributed by atoms with Gasteiger partial charge >= 0.3 is 0 Å². The second kappa shape index (κ2) is 5.53. The van der Waals surface area contributed by atoms with Gasteiger partial charge in [0.15, 0.2) is 0 Å². The Morgan fingerprint density at radius 3 is 2.48 bits per heavy atom. The van der Waals surface area contributed by atoms with Crippen molar-refractivity contribution in [2.45, 2.75) is 25.2 Å². The highest BCUT2D eigenvalue weighted by molar-refractivity contribution is 5.42. The van der Waals surface area contributed by atoms with Crippen molar-refractivity contribution in [3.8, 4) is 6.07 Å². The molecule has 1 aromatic carbocycles. The van der Waals surface area contributed by atoms with E-state index in [1.54, 1.807) is 6.33 Å². The summed E-state index contributed by atoms with van der Waals surface area (Å²) in [6.07, 6.45) is 3.27. The Morgan fingerprint density at radius 1 is 1.14 bits per heavy atom. The van der Waals surface area contributed by atoms with Gasteiger partial charge in [-0.25, -0.2) is 9.97 Å². The molecule has 0 saturated carbocycles. The fraction of sp³-hybridized carbons (Fsp3) is 0.353. The molecule has 4 nitrogen and oxygen atoms in total. The Labute approximate surface area is 125 Å². The van der Waals surface area contributed by atoms with Gasteiger partial charge in [-0.2, -0.15) is 5.26 Å². The van der Waals surface area contributed by atoms with Gasteiger partial charge in [-0.3, -0.25) is 0 Å². The van der Waals surface area contributed by atoms with Gasteiger partial charge in [0, 0.05) is 24.8 Å². The molecule has 0 unspecified atom stereocenters. The predicted octanol–water partition coefficient (Wildman–Crippen LogP) is 2.85. The van der Waals surface area contributed by atoms with E-state index in [4.69, 9.17) is 0 Å². The Kier molecular flexibility index (Phi) is 3.57. The van der Waals surface area contributed by atoms with Gasteiger partial charge in [-0.05, 0) is 25.3 Å². The number of anilines is 1. The van der Waals surface area contributed by atoms with Crippen LogP contribution in [0, 0.1) is 18.3 Å². The molecule has 0 bridgehead atoms. The van der Waals surface area contributed by atoms with E-state index < -0.39 is 0 Å². The molecule has 1 aliphatic rings. The summed E-state index contributed by atoms with van der Waals surface area (Å²) in [5, 5.41) is 9.70. The number of nitriles is 1. The SMILES string of the molecule is Cc1cc(N2CCC(C#N)(c3ccccc3)CC2)ncn1. The average Bonchev–Trinajstić information content (AvgIpc) is 2.56. The minimum absolute atomic E-state index is 0.361. The number of hydrogen-bond donors (Lipinski definition) is 0. The van der Waals surface area contributed by atoms with E-state index in [2.05, 4.69) is 33.1 Å². The maximum atomic E-state index is 9.70. The molecule has 0 aliphatic carbocycles. The third-order valence-electron chi connectivity index (χ3n) is 4.27. The first kappa shape index (κ1) is 13.6. The minimum atomic E-state index is -0.361. The fourth-order valence-electron chi connectivity index (χ4n) is 2.95. The molecule has 4 heteroatoms. The molecule has 0 radical (unpaired) electrons. The number of aromatic nitrogens is 2. The van der Waals surface area contributed by atoms with Crippen molar-refractivity contribution in [2.75, 3.05) is 18.0 Å². The van der Waals surface area contributed by atoms with Crippen LogP contribution in [0.3, 0.4) is 0 Å². The first-order valence-electron chi connectivity index (χ1n) is 7.24. The average molecular weight is 278 g/mol. The predicted molar refractivity (Wildman–Crippen MR) is 81.9 cm³/mol. The normalized spacial score (nSPS) is 17.2. The van der Waals surface area contributed by atoms with E-state index >= 15 is 0 Å². The van der Waals surface area contributed by atoms with E-state index in [9.17, 15) is 5.26 Å². The lowest BCUT2D eigenvalue weighted by molar-refractivity contribution is 0.414. The zero-order valence-electron chi connectivity index (χ0n) is 12.2. The van der Waals surface area contributed by atoms with Crippen molar-refractivity contribution in [1.82, 2.24) is 9.97 Å². The van der Waals surface area contributed by atoms with Crippen LogP contribution in [0.25, 0.3) is 0 Å². The highest BCUT2D eigenvalue weighted by Crippen LogP contribution is 2.35. The lowest BCUT2D eigenvalue weighted by atomic mass is 9.74. The van der Waals surface area contributed by atoms with Crippen molar-refractivity contribution >= 4 is 5.82 Å². The van der Waals surface area contributed by atoms with Gasteiger partial charge < -0.3 is 4.90 Å². The maximum absolute atomic E-state index is 9.70.